The minimum atomic E-state index is -1.26. The van der Waals surface area contributed by atoms with Crippen LogP contribution in [0.4, 0.5) is 5.69 Å². The molecule has 1 aromatic rings. The van der Waals surface area contributed by atoms with Crippen LogP contribution in [0.3, 0.4) is 0 Å². The third-order valence-electron chi connectivity index (χ3n) is 5.76. The first kappa shape index (κ1) is 26.1. The molecule has 9 nitrogen and oxygen atoms in total. The highest BCUT2D eigenvalue weighted by molar-refractivity contribution is 7.97. The molecule has 5 N–H and O–H groups in total. The summed E-state index contributed by atoms with van der Waals surface area (Å²) in [7, 11) is 0. The van der Waals surface area contributed by atoms with Crippen LogP contribution in [-0.2, 0) is 9.59 Å². The molecule has 2 aliphatic rings. The van der Waals surface area contributed by atoms with E-state index in [-0.39, 0.29) is 10.6 Å². The third kappa shape index (κ3) is 9.54. The molecular weight excluding hydrogens is 432 g/mol. The minimum absolute atomic E-state index is 0.150. The molecule has 3 rings (SSSR count). The molecule has 10 heteroatoms. The third-order valence-corrected chi connectivity index (χ3v) is 6.73. The Labute approximate surface area is 193 Å². The summed E-state index contributed by atoms with van der Waals surface area (Å²) in [6.07, 6.45) is 14.2. The van der Waals surface area contributed by atoms with E-state index in [4.69, 9.17) is 10.8 Å². The second kappa shape index (κ2) is 14.1. The number of primary amides is 1. The number of carboxylic acids is 1. The van der Waals surface area contributed by atoms with Crippen LogP contribution in [0.25, 0.3) is 0 Å². The Morgan fingerprint density at radius 1 is 1.06 bits per heavy atom. The number of nitrogens with two attached hydrogens (primary N) is 1. The van der Waals surface area contributed by atoms with E-state index < -0.39 is 29.3 Å². The fourth-order valence-corrected chi connectivity index (χ4v) is 4.93. The van der Waals surface area contributed by atoms with Gasteiger partial charge in [0, 0.05) is 18.2 Å². The number of hydrogen-bond acceptors (Lipinski definition) is 7. The Bertz CT molecular complexity index is 736. The number of carbonyl (C=O) groups is 2. The predicted molar refractivity (Wildman–Crippen MR) is 124 cm³/mol. The smallest absolute Gasteiger partial charge is 0.322 e. The molecule has 0 saturated heterocycles. The number of aliphatic carboxylic acids is 1. The van der Waals surface area contributed by atoms with Gasteiger partial charge < -0.3 is 16.2 Å². The fourth-order valence-electron chi connectivity index (χ4n) is 4.08. The second-order valence-electron chi connectivity index (χ2n) is 8.34. The lowest BCUT2D eigenvalue weighted by atomic mass is 9.91. The van der Waals surface area contributed by atoms with Crippen molar-refractivity contribution in [3.8, 4) is 0 Å². The Kier molecular flexibility index (Phi) is 11.5. The van der Waals surface area contributed by atoms with Gasteiger partial charge in [0.05, 0.1) is 11.3 Å². The topological polar surface area (TPSA) is 148 Å². The van der Waals surface area contributed by atoms with Crippen LogP contribution < -0.4 is 15.8 Å². The standard InChI is InChI=1S/C12H23N.C10H11N3O5S/c1-3-7-11(8-4-1)13-12-9-5-2-6-10-12;11-9(14)5-6(10(15)16)12-19-8-4-2-1-3-7(8)13(17)18/h11-13H,1-10H2;1-4,6,12H,5H2,(H2,11,14)(H,15,16)/t;6-/m.0/s1. The summed E-state index contributed by atoms with van der Waals surface area (Å²) in [5.74, 6) is -2.03. The number of carbonyl (C=O) groups excluding carboxylic acids is 1. The normalized spacial score (nSPS) is 18.2. The Morgan fingerprint density at radius 2 is 1.59 bits per heavy atom. The molecule has 2 fully saturated rings. The zero-order valence-corrected chi connectivity index (χ0v) is 19.1. The molecule has 2 saturated carbocycles. The first-order valence-electron chi connectivity index (χ1n) is 11.3. The van der Waals surface area contributed by atoms with Gasteiger partial charge in [-0.05, 0) is 43.7 Å². The van der Waals surface area contributed by atoms with Gasteiger partial charge in [0.1, 0.15) is 10.9 Å². The highest BCUT2D eigenvalue weighted by Crippen LogP contribution is 2.27. The van der Waals surface area contributed by atoms with Crippen molar-refractivity contribution < 1.29 is 19.6 Å². The molecule has 0 spiro atoms. The Balaban J connectivity index is 0.000000242. The molecule has 1 aromatic carbocycles. The van der Waals surface area contributed by atoms with Gasteiger partial charge in [0.15, 0.2) is 0 Å². The lowest BCUT2D eigenvalue weighted by Crippen LogP contribution is -2.40. The molecule has 0 bridgehead atoms. The summed E-state index contributed by atoms with van der Waals surface area (Å²) in [5, 5.41) is 23.5. The van der Waals surface area contributed by atoms with Crippen LogP contribution in [0.2, 0.25) is 0 Å². The van der Waals surface area contributed by atoms with E-state index in [1.807, 2.05) is 0 Å². The molecule has 32 heavy (non-hydrogen) atoms. The van der Waals surface area contributed by atoms with Gasteiger partial charge >= 0.3 is 5.97 Å². The van der Waals surface area contributed by atoms with Crippen molar-refractivity contribution in [3.63, 3.8) is 0 Å². The van der Waals surface area contributed by atoms with Gasteiger partial charge in [-0.2, -0.15) is 0 Å². The van der Waals surface area contributed by atoms with Gasteiger partial charge in [0.25, 0.3) is 5.69 Å². The molecule has 0 radical (unpaired) electrons. The number of amides is 1. The number of nitro groups is 1. The van der Waals surface area contributed by atoms with Gasteiger partial charge in [0.2, 0.25) is 5.91 Å². The molecule has 0 aromatic heterocycles. The van der Waals surface area contributed by atoms with Gasteiger partial charge in [-0.1, -0.05) is 50.7 Å². The Hall–Kier alpha value is -2.17. The van der Waals surface area contributed by atoms with Crippen LogP contribution in [0.5, 0.6) is 0 Å². The summed E-state index contributed by atoms with van der Waals surface area (Å²) in [6.45, 7) is 0. The first-order valence-corrected chi connectivity index (χ1v) is 12.1. The lowest BCUT2D eigenvalue weighted by Gasteiger charge is -2.30. The average Bonchev–Trinajstić information content (AvgIpc) is 2.78. The maximum atomic E-state index is 10.9. The van der Waals surface area contributed by atoms with Crippen molar-refractivity contribution in [1.82, 2.24) is 10.0 Å². The van der Waals surface area contributed by atoms with Crippen LogP contribution in [0, 0.1) is 10.1 Å². The number of para-hydroxylation sites is 1. The summed E-state index contributed by atoms with van der Waals surface area (Å²) in [6, 6.07) is 6.39. The zero-order chi connectivity index (χ0) is 23.3. The van der Waals surface area contributed by atoms with E-state index in [1.165, 1.54) is 82.4 Å². The van der Waals surface area contributed by atoms with Crippen LogP contribution >= 0.6 is 11.9 Å². The summed E-state index contributed by atoms with van der Waals surface area (Å²) >= 11 is 0.774. The number of nitrogens with one attached hydrogen (secondary N) is 2. The van der Waals surface area contributed by atoms with E-state index in [1.54, 1.807) is 6.07 Å². The molecule has 0 unspecified atom stereocenters. The maximum absolute atomic E-state index is 10.9. The minimum Gasteiger partial charge on any atom is -0.480 e. The summed E-state index contributed by atoms with van der Waals surface area (Å²) < 4.78 is 2.47. The highest BCUT2D eigenvalue weighted by Gasteiger charge is 2.22. The van der Waals surface area contributed by atoms with Crippen molar-refractivity contribution in [2.24, 2.45) is 5.73 Å². The van der Waals surface area contributed by atoms with E-state index in [2.05, 4.69) is 10.0 Å². The van der Waals surface area contributed by atoms with Crippen LogP contribution in [0.15, 0.2) is 29.2 Å². The summed E-state index contributed by atoms with van der Waals surface area (Å²) in [4.78, 5) is 32.0. The lowest BCUT2D eigenvalue weighted by molar-refractivity contribution is -0.387. The molecule has 0 aliphatic heterocycles. The number of hydrogen-bond donors (Lipinski definition) is 4. The monoisotopic (exact) mass is 466 g/mol. The number of nitrogens with zero attached hydrogens (tertiary/aromatic N) is 1. The van der Waals surface area contributed by atoms with Crippen LogP contribution in [-0.4, -0.2) is 40.0 Å². The van der Waals surface area contributed by atoms with Gasteiger partial charge in [-0.3, -0.25) is 19.7 Å². The molecule has 1 amide bonds. The van der Waals surface area contributed by atoms with Gasteiger partial charge in [-0.15, -0.1) is 0 Å². The molecular formula is C22H34N4O5S. The SMILES string of the molecule is C1CCC(NC2CCCCC2)CC1.NC(=O)C[C@H](NSc1ccccc1[N+](=O)[O-])C(=O)O. The van der Waals surface area contributed by atoms with E-state index in [9.17, 15) is 19.7 Å². The predicted octanol–water partition coefficient (Wildman–Crippen LogP) is 3.76. The van der Waals surface area contributed by atoms with E-state index in [0.29, 0.717) is 0 Å². The maximum Gasteiger partial charge on any atom is 0.322 e. The van der Waals surface area contributed by atoms with Crippen molar-refractivity contribution >= 4 is 29.5 Å². The summed E-state index contributed by atoms with van der Waals surface area (Å²) in [5.41, 5.74) is 4.77. The van der Waals surface area contributed by atoms with E-state index >= 15 is 0 Å². The Morgan fingerprint density at radius 3 is 2.06 bits per heavy atom. The fraction of sp³-hybridized carbons (Fsp3) is 0.636. The van der Waals surface area contributed by atoms with Crippen molar-refractivity contribution in [3.05, 3.63) is 34.4 Å². The van der Waals surface area contributed by atoms with Crippen LogP contribution in [0.1, 0.15) is 70.6 Å². The van der Waals surface area contributed by atoms with Crippen molar-refractivity contribution in [1.29, 1.82) is 0 Å². The molecule has 178 valence electrons. The second-order valence-corrected chi connectivity index (χ2v) is 9.22. The number of nitro benzene ring substituents is 1. The number of carboxylic acid groups (broad SMARTS) is 1. The quantitative estimate of drug-likeness (QED) is 0.244. The zero-order valence-electron chi connectivity index (χ0n) is 18.3. The first-order chi connectivity index (χ1) is 15.4. The molecule has 2 aliphatic carbocycles. The number of benzene rings is 1. The van der Waals surface area contributed by atoms with Crippen molar-refractivity contribution in [2.45, 2.75) is 93.7 Å². The van der Waals surface area contributed by atoms with Crippen molar-refractivity contribution in [2.75, 3.05) is 0 Å². The van der Waals surface area contributed by atoms with Gasteiger partial charge in [-0.25, -0.2) is 4.72 Å². The molecule has 0 heterocycles. The van der Waals surface area contributed by atoms with E-state index in [0.717, 1.165) is 24.0 Å². The number of rotatable bonds is 9. The largest absolute Gasteiger partial charge is 0.480 e. The average molecular weight is 467 g/mol. The highest BCUT2D eigenvalue weighted by atomic mass is 32.2. The molecule has 1 atom stereocenters.